The maximum Gasteiger partial charge on any atom is 0.341 e. The number of carboxylic acid groups (broad SMARTS) is 1. The second-order valence-electron chi connectivity index (χ2n) is 4.91. The van der Waals surface area contributed by atoms with Crippen LogP contribution in [0.5, 0.6) is 11.6 Å². The van der Waals surface area contributed by atoms with E-state index in [9.17, 15) is 9.90 Å². The number of pyridine rings is 1. The van der Waals surface area contributed by atoms with Crippen molar-refractivity contribution in [3.05, 3.63) is 53.2 Å². The first-order valence-corrected chi connectivity index (χ1v) is 6.46. The summed E-state index contributed by atoms with van der Waals surface area (Å²) in [5.74, 6) is 0.00696. The van der Waals surface area contributed by atoms with Crippen molar-refractivity contribution in [2.75, 3.05) is 0 Å². The van der Waals surface area contributed by atoms with Gasteiger partial charge in [0.05, 0.1) is 0 Å². The van der Waals surface area contributed by atoms with E-state index >= 15 is 0 Å². The molecule has 4 nitrogen and oxygen atoms in total. The van der Waals surface area contributed by atoms with E-state index < -0.39 is 5.97 Å². The lowest BCUT2D eigenvalue weighted by Crippen LogP contribution is -2.04. The highest BCUT2D eigenvalue weighted by atomic mass is 16.5. The van der Waals surface area contributed by atoms with Crippen LogP contribution in [0.2, 0.25) is 0 Å². The normalized spacial score (nSPS) is 10.6. The van der Waals surface area contributed by atoms with Gasteiger partial charge in [0.1, 0.15) is 11.3 Å². The Morgan fingerprint density at radius 3 is 2.55 bits per heavy atom. The average molecular weight is 271 g/mol. The van der Waals surface area contributed by atoms with Crippen molar-refractivity contribution in [3.63, 3.8) is 0 Å². The number of aryl methyl sites for hydroxylation is 1. The van der Waals surface area contributed by atoms with E-state index in [1.165, 1.54) is 6.07 Å². The number of hydrogen-bond donors (Lipinski definition) is 1. The molecule has 0 aliphatic rings. The van der Waals surface area contributed by atoms with Crippen molar-refractivity contribution in [2.45, 2.75) is 26.7 Å². The monoisotopic (exact) mass is 271 g/mol. The Morgan fingerprint density at radius 1 is 1.20 bits per heavy atom. The topological polar surface area (TPSA) is 59.4 Å². The van der Waals surface area contributed by atoms with E-state index in [-0.39, 0.29) is 17.4 Å². The van der Waals surface area contributed by atoms with Crippen LogP contribution in [-0.4, -0.2) is 16.1 Å². The summed E-state index contributed by atoms with van der Waals surface area (Å²) >= 11 is 0. The van der Waals surface area contributed by atoms with Gasteiger partial charge in [-0.3, -0.25) is 0 Å². The van der Waals surface area contributed by atoms with Gasteiger partial charge in [-0.1, -0.05) is 32.0 Å². The molecule has 0 fully saturated rings. The molecule has 1 heterocycles. The first-order valence-electron chi connectivity index (χ1n) is 6.46. The quantitative estimate of drug-likeness (QED) is 0.912. The Balaban J connectivity index is 2.45. The molecule has 2 rings (SSSR count). The fraction of sp³-hybridized carbons (Fsp3) is 0.250. The Bertz CT molecular complexity index is 635. The first kappa shape index (κ1) is 14.1. The van der Waals surface area contributed by atoms with Crippen molar-refractivity contribution in [3.8, 4) is 11.6 Å². The Kier molecular flexibility index (Phi) is 4.03. The van der Waals surface area contributed by atoms with Crippen LogP contribution in [0.25, 0.3) is 0 Å². The van der Waals surface area contributed by atoms with Gasteiger partial charge in [0, 0.05) is 5.69 Å². The number of carboxylic acids is 1. The lowest BCUT2D eigenvalue weighted by atomic mass is 10.0. The fourth-order valence-corrected chi connectivity index (χ4v) is 1.93. The molecule has 0 radical (unpaired) electrons. The summed E-state index contributed by atoms with van der Waals surface area (Å²) in [6, 6.07) is 10.8. The van der Waals surface area contributed by atoms with Crippen molar-refractivity contribution >= 4 is 5.97 Å². The zero-order chi connectivity index (χ0) is 14.7. The summed E-state index contributed by atoms with van der Waals surface area (Å²) < 4.78 is 5.75. The largest absolute Gasteiger partial charge is 0.477 e. The molecule has 0 atom stereocenters. The Labute approximate surface area is 118 Å². The number of aromatic carboxylic acids is 1. The molecule has 0 aliphatic heterocycles. The van der Waals surface area contributed by atoms with E-state index in [2.05, 4.69) is 18.8 Å². The molecule has 1 aromatic heterocycles. The molecule has 0 spiro atoms. The summed E-state index contributed by atoms with van der Waals surface area (Å²) in [6.07, 6.45) is 0. The first-order chi connectivity index (χ1) is 9.49. The molecule has 0 aliphatic carbocycles. The maximum atomic E-state index is 11.2. The second-order valence-corrected chi connectivity index (χ2v) is 4.91. The second kappa shape index (κ2) is 5.74. The molecule has 4 heteroatoms. The highest BCUT2D eigenvalue weighted by Gasteiger charge is 2.16. The van der Waals surface area contributed by atoms with Crippen LogP contribution >= 0.6 is 0 Å². The molecular formula is C16H17NO3. The zero-order valence-corrected chi connectivity index (χ0v) is 11.8. The van der Waals surface area contributed by atoms with Crippen molar-refractivity contribution in [1.82, 2.24) is 4.98 Å². The smallest absolute Gasteiger partial charge is 0.341 e. The molecule has 0 amide bonds. The summed E-state index contributed by atoms with van der Waals surface area (Å²) in [6.45, 7) is 5.92. The zero-order valence-electron chi connectivity index (χ0n) is 11.8. The minimum atomic E-state index is -1.05. The third-order valence-electron chi connectivity index (χ3n) is 2.98. The molecule has 0 unspecified atom stereocenters. The van der Waals surface area contributed by atoms with Crippen LogP contribution in [-0.2, 0) is 0 Å². The molecule has 0 bridgehead atoms. The lowest BCUT2D eigenvalue weighted by Gasteiger charge is -2.14. The van der Waals surface area contributed by atoms with Gasteiger partial charge in [0.2, 0.25) is 5.88 Å². The van der Waals surface area contributed by atoms with E-state index in [0.717, 1.165) is 5.56 Å². The summed E-state index contributed by atoms with van der Waals surface area (Å²) in [5.41, 5.74) is 1.80. The van der Waals surface area contributed by atoms with Crippen LogP contribution in [0.4, 0.5) is 0 Å². The molecule has 1 N–H and O–H groups in total. The van der Waals surface area contributed by atoms with Crippen molar-refractivity contribution < 1.29 is 14.6 Å². The van der Waals surface area contributed by atoms with Gasteiger partial charge in [0.25, 0.3) is 0 Å². The van der Waals surface area contributed by atoms with E-state index in [1.54, 1.807) is 13.0 Å². The number of aromatic nitrogens is 1. The number of nitrogens with zero attached hydrogens (tertiary/aromatic N) is 1. The number of ether oxygens (including phenoxy) is 1. The van der Waals surface area contributed by atoms with Crippen LogP contribution in [0, 0.1) is 6.92 Å². The molecule has 20 heavy (non-hydrogen) atoms. The number of carbonyl (C=O) groups is 1. The molecule has 1 aromatic carbocycles. The van der Waals surface area contributed by atoms with E-state index in [4.69, 9.17) is 4.74 Å². The fourth-order valence-electron chi connectivity index (χ4n) is 1.93. The minimum Gasteiger partial charge on any atom is -0.477 e. The van der Waals surface area contributed by atoms with Gasteiger partial charge in [-0.25, -0.2) is 9.78 Å². The molecule has 2 aromatic rings. The predicted molar refractivity (Wildman–Crippen MR) is 76.5 cm³/mol. The van der Waals surface area contributed by atoms with Gasteiger partial charge >= 0.3 is 5.97 Å². The molecule has 0 saturated heterocycles. The van der Waals surface area contributed by atoms with Gasteiger partial charge in [-0.2, -0.15) is 0 Å². The third kappa shape index (κ3) is 2.96. The third-order valence-corrected chi connectivity index (χ3v) is 2.98. The highest BCUT2D eigenvalue weighted by molar-refractivity contribution is 5.90. The highest BCUT2D eigenvalue weighted by Crippen LogP contribution is 2.31. The number of hydrogen-bond acceptors (Lipinski definition) is 3. The lowest BCUT2D eigenvalue weighted by molar-refractivity contribution is 0.0693. The van der Waals surface area contributed by atoms with Crippen molar-refractivity contribution in [2.24, 2.45) is 0 Å². The van der Waals surface area contributed by atoms with Gasteiger partial charge in [0.15, 0.2) is 0 Å². The SMILES string of the molecule is Cc1ccc(C(=O)O)c(Oc2ccccc2C(C)C)n1. The van der Waals surface area contributed by atoms with E-state index in [0.29, 0.717) is 11.4 Å². The summed E-state index contributed by atoms with van der Waals surface area (Å²) in [7, 11) is 0. The van der Waals surface area contributed by atoms with Gasteiger partial charge in [-0.05, 0) is 36.6 Å². The molecule has 0 saturated carbocycles. The Morgan fingerprint density at radius 2 is 1.90 bits per heavy atom. The van der Waals surface area contributed by atoms with Crippen molar-refractivity contribution in [1.29, 1.82) is 0 Å². The van der Waals surface area contributed by atoms with Crippen LogP contribution in [0.1, 0.15) is 41.4 Å². The Hall–Kier alpha value is -2.36. The maximum absolute atomic E-state index is 11.2. The molecular weight excluding hydrogens is 254 g/mol. The minimum absolute atomic E-state index is 0.0640. The van der Waals surface area contributed by atoms with Crippen LogP contribution in [0.15, 0.2) is 36.4 Å². The number of benzene rings is 1. The van der Waals surface area contributed by atoms with E-state index in [1.807, 2.05) is 24.3 Å². The number of rotatable bonds is 4. The summed E-state index contributed by atoms with van der Waals surface area (Å²) in [4.78, 5) is 15.4. The van der Waals surface area contributed by atoms with Gasteiger partial charge in [-0.15, -0.1) is 0 Å². The standard InChI is InChI=1S/C16H17NO3/c1-10(2)12-6-4-5-7-14(12)20-15-13(16(18)19)9-8-11(3)17-15/h4-10H,1-3H3,(H,18,19). The van der Waals surface area contributed by atoms with Crippen LogP contribution < -0.4 is 4.74 Å². The van der Waals surface area contributed by atoms with Crippen LogP contribution in [0.3, 0.4) is 0 Å². The average Bonchev–Trinajstić information content (AvgIpc) is 2.38. The molecule has 104 valence electrons. The predicted octanol–water partition coefficient (Wildman–Crippen LogP) is 4.00. The van der Waals surface area contributed by atoms with Gasteiger partial charge < -0.3 is 9.84 Å². The summed E-state index contributed by atoms with van der Waals surface area (Å²) in [5, 5.41) is 9.19. The number of para-hydroxylation sites is 1.